The van der Waals surface area contributed by atoms with Crippen LogP contribution < -0.4 is 10.4 Å². The fourth-order valence-electron chi connectivity index (χ4n) is 4.81. The van der Waals surface area contributed by atoms with E-state index in [1.54, 1.807) is 31.5 Å². The Kier molecular flexibility index (Phi) is 9.62. The first-order valence-corrected chi connectivity index (χ1v) is 15.9. The average Bonchev–Trinajstić information content (AvgIpc) is 3.01. The Morgan fingerprint density at radius 2 is 1.76 bits per heavy atom. The van der Waals surface area contributed by atoms with Gasteiger partial charge in [-0.15, -0.1) is 4.28 Å². The van der Waals surface area contributed by atoms with E-state index >= 15 is 0 Å². The average molecular weight is 657 g/mol. The lowest BCUT2D eigenvalue weighted by atomic mass is 10.0. The first-order chi connectivity index (χ1) is 21.8. The maximum Gasteiger partial charge on any atom is 0.416 e. The Labute approximate surface area is 264 Å². The van der Waals surface area contributed by atoms with Crippen LogP contribution in [0.5, 0.6) is 0 Å². The number of hydrogen-bond donors (Lipinski definition) is 1. The fraction of sp³-hybridized carbons (Fsp3) is 0.300. The number of piperazine rings is 1. The molecule has 0 unspecified atom stereocenters. The number of hydroxylamine groups is 1. The number of rotatable bonds is 9. The van der Waals surface area contributed by atoms with Crippen LogP contribution in [0.1, 0.15) is 27.0 Å². The van der Waals surface area contributed by atoms with E-state index in [1.165, 1.54) is 36.8 Å². The van der Waals surface area contributed by atoms with Crippen molar-refractivity contribution >= 4 is 33.3 Å². The molecule has 0 spiro atoms. The molecule has 4 aromatic rings. The number of nitrogens with zero attached hydrogens (tertiary/aromatic N) is 7. The van der Waals surface area contributed by atoms with Gasteiger partial charge in [0.05, 0.1) is 23.2 Å². The van der Waals surface area contributed by atoms with E-state index in [2.05, 4.69) is 30.2 Å². The summed E-state index contributed by atoms with van der Waals surface area (Å²) in [5.41, 5.74) is 0.775. The zero-order valence-corrected chi connectivity index (χ0v) is 26.0. The summed E-state index contributed by atoms with van der Waals surface area (Å²) in [7, 11) is -2.35. The molecular weight excluding hydrogens is 625 g/mol. The lowest BCUT2D eigenvalue weighted by molar-refractivity contribution is -0.138. The summed E-state index contributed by atoms with van der Waals surface area (Å²) in [4.78, 5) is 34.4. The Bertz CT molecular complexity index is 1820. The summed E-state index contributed by atoms with van der Waals surface area (Å²) in [5, 5.41) is 3.49. The highest BCUT2D eigenvalue weighted by molar-refractivity contribution is 7.86. The standard InChI is InChI=1S/C30H31F3N8O4S/c1-20-4-7-24(15-27(20)38-29-36-9-8-26(37-29)23-16-34-19-35-17-23)41(45-46(3,43)44)28(42)21-5-6-22(25(14-21)30(31,32)33)18-40-12-10-39(2)11-13-40/h4-9,14-17,19H,10-13,18H2,1-3H3,(H,36,37,38). The molecule has 3 heterocycles. The van der Waals surface area contributed by atoms with Gasteiger partial charge in [0, 0.05) is 68.1 Å². The van der Waals surface area contributed by atoms with E-state index in [9.17, 15) is 26.4 Å². The molecule has 1 aliphatic heterocycles. The van der Waals surface area contributed by atoms with Crippen LogP contribution in [-0.4, -0.2) is 83.5 Å². The number of carbonyl (C=O) groups excluding carboxylic acids is 1. The summed E-state index contributed by atoms with van der Waals surface area (Å²) in [6, 6.07) is 9.28. The third-order valence-corrected chi connectivity index (χ3v) is 7.68. The summed E-state index contributed by atoms with van der Waals surface area (Å²) >= 11 is 0. The number of likely N-dealkylation sites (N-methyl/N-ethyl adjacent to an activating group) is 1. The van der Waals surface area contributed by atoms with E-state index in [1.807, 2.05) is 11.9 Å². The Balaban J connectivity index is 1.46. The Morgan fingerprint density at radius 3 is 2.43 bits per heavy atom. The number of nitrogens with one attached hydrogen (secondary N) is 1. The van der Waals surface area contributed by atoms with Crippen LogP contribution in [0.25, 0.3) is 11.3 Å². The van der Waals surface area contributed by atoms with E-state index in [0.717, 1.165) is 25.4 Å². The van der Waals surface area contributed by atoms with Gasteiger partial charge in [-0.3, -0.25) is 9.69 Å². The van der Waals surface area contributed by atoms with Crippen LogP contribution >= 0.6 is 0 Å². The monoisotopic (exact) mass is 656 g/mol. The number of amides is 1. The molecule has 2 aromatic heterocycles. The molecule has 0 saturated carbocycles. The zero-order valence-electron chi connectivity index (χ0n) is 25.2. The number of benzene rings is 2. The summed E-state index contributed by atoms with van der Waals surface area (Å²) in [6.45, 7) is 4.45. The molecule has 1 aliphatic rings. The van der Waals surface area contributed by atoms with E-state index in [0.29, 0.717) is 40.7 Å². The number of anilines is 3. The van der Waals surface area contributed by atoms with Crippen molar-refractivity contribution in [3.63, 3.8) is 0 Å². The minimum absolute atomic E-state index is 0.00954. The van der Waals surface area contributed by atoms with Gasteiger partial charge >= 0.3 is 6.18 Å². The molecule has 0 bridgehead atoms. The van der Waals surface area contributed by atoms with Crippen LogP contribution in [-0.2, 0) is 27.1 Å². The van der Waals surface area contributed by atoms with Crippen molar-refractivity contribution in [2.24, 2.45) is 0 Å². The number of carbonyl (C=O) groups is 1. The van der Waals surface area contributed by atoms with E-state index < -0.39 is 33.3 Å². The number of alkyl halides is 3. The lowest BCUT2D eigenvalue weighted by Crippen LogP contribution is -2.44. The van der Waals surface area contributed by atoms with Crippen LogP contribution in [0, 0.1) is 6.92 Å². The van der Waals surface area contributed by atoms with E-state index in [4.69, 9.17) is 4.28 Å². The smallest absolute Gasteiger partial charge is 0.324 e. The van der Waals surface area contributed by atoms with Gasteiger partial charge in [0.25, 0.3) is 16.0 Å². The second-order valence-electron chi connectivity index (χ2n) is 10.8. The quantitative estimate of drug-likeness (QED) is 0.259. The molecule has 46 heavy (non-hydrogen) atoms. The first kappa shape index (κ1) is 32.9. The number of halogens is 3. The number of aryl methyl sites for hydroxylation is 1. The van der Waals surface area contributed by atoms with Gasteiger partial charge in [-0.05, 0) is 55.4 Å². The van der Waals surface area contributed by atoms with Gasteiger partial charge in [0.2, 0.25) is 5.95 Å². The molecule has 1 saturated heterocycles. The number of hydrogen-bond acceptors (Lipinski definition) is 11. The molecule has 0 atom stereocenters. The lowest BCUT2D eigenvalue weighted by Gasteiger charge is -2.33. The molecule has 12 nitrogen and oxygen atoms in total. The molecule has 16 heteroatoms. The normalized spacial score (nSPS) is 14.7. The van der Waals surface area contributed by atoms with Crippen molar-refractivity contribution in [1.82, 2.24) is 29.7 Å². The predicted molar refractivity (Wildman–Crippen MR) is 164 cm³/mol. The maximum atomic E-state index is 14.2. The fourth-order valence-corrected chi connectivity index (χ4v) is 5.23. The summed E-state index contributed by atoms with van der Waals surface area (Å²) in [6.07, 6.45) is 2.04. The zero-order chi connectivity index (χ0) is 33.1. The predicted octanol–water partition coefficient (Wildman–Crippen LogP) is 4.29. The van der Waals surface area contributed by atoms with Crippen molar-refractivity contribution in [3.05, 3.63) is 89.6 Å². The molecule has 242 valence electrons. The molecule has 1 amide bonds. The highest BCUT2D eigenvalue weighted by atomic mass is 32.2. The van der Waals surface area contributed by atoms with Crippen LogP contribution in [0.15, 0.2) is 67.4 Å². The van der Waals surface area contributed by atoms with Crippen LogP contribution in [0.3, 0.4) is 0 Å². The first-order valence-electron chi connectivity index (χ1n) is 14.1. The van der Waals surface area contributed by atoms with Gasteiger partial charge in [0.15, 0.2) is 0 Å². The highest BCUT2D eigenvalue weighted by Gasteiger charge is 2.35. The molecule has 2 aromatic carbocycles. The summed E-state index contributed by atoms with van der Waals surface area (Å²) in [5.74, 6) is -0.937. The molecule has 5 rings (SSSR count). The van der Waals surface area contributed by atoms with Gasteiger partial charge in [-0.25, -0.2) is 19.9 Å². The van der Waals surface area contributed by atoms with Crippen molar-refractivity contribution in [1.29, 1.82) is 0 Å². The van der Waals surface area contributed by atoms with Gasteiger partial charge in [-0.2, -0.15) is 26.7 Å². The Hall–Kier alpha value is -4.51. The second-order valence-corrected chi connectivity index (χ2v) is 12.4. The van der Waals surface area contributed by atoms with E-state index in [-0.39, 0.29) is 23.7 Å². The minimum Gasteiger partial charge on any atom is -0.324 e. The molecule has 0 radical (unpaired) electrons. The SMILES string of the molecule is Cc1ccc(N(OS(C)(=O)=O)C(=O)c2ccc(CN3CCN(C)CC3)c(C(F)(F)F)c2)cc1Nc1nccc(-c2cncnc2)n1. The molecular formula is C30H31F3N8O4S. The van der Waals surface area contributed by atoms with Crippen molar-refractivity contribution < 1.29 is 30.7 Å². The molecule has 1 N–H and O–H groups in total. The second kappa shape index (κ2) is 13.5. The topological polar surface area (TPSA) is 134 Å². The minimum atomic E-state index is -4.76. The Morgan fingerprint density at radius 1 is 1.04 bits per heavy atom. The number of aromatic nitrogens is 4. The highest BCUT2D eigenvalue weighted by Crippen LogP contribution is 2.35. The molecule has 0 aliphatic carbocycles. The maximum absolute atomic E-state index is 14.2. The molecule has 1 fully saturated rings. The summed E-state index contributed by atoms with van der Waals surface area (Å²) < 4.78 is 72.2. The van der Waals surface area contributed by atoms with Crippen molar-refractivity contribution in [3.8, 4) is 11.3 Å². The van der Waals surface area contributed by atoms with Crippen LogP contribution in [0.2, 0.25) is 0 Å². The van der Waals surface area contributed by atoms with Gasteiger partial charge < -0.3 is 10.2 Å². The van der Waals surface area contributed by atoms with Crippen molar-refractivity contribution in [2.45, 2.75) is 19.6 Å². The van der Waals surface area contributed by atoms with Crippen LogP contribution in [0.4, 0.5) is 30.5 Å². The van der Waals surface area contributed by atoms with Gasteiger partial charge in [-0.1, -0.05) is 12.1 Å². The third kappa shape index (κ3) is 8.20. The largest absolute Gasteiger partial charge is 0.416 e. The van der Waals surface area contributed by atoms with Crippen molar-refractivity contribution in [2.75, 3.05) is 49.9 Å². The van der Waals surface area contributed by atoms with Gasteiger partial charge in [0.1, 0.15) is 6.33 Å². The third-order valence-electron chi connectivity index (χ3n) is 7.26.